The van der Waals surface area contributed by atoms with Crippen molar-refractivity contribution < 1.29 is 5.11 Å². The van der Waals surface area contributed by atoms with E-state index in [2.05, 4.69) is 49.4 Å². The van der Waals surface area contributed by atoms with Gasteiger partial charge < -0.3 is 5.11 Å². The first kappa shape index (κ1) is 10.8. The summed E-state index contributed by atoms with van der Waals surface area (Å²) in [4.78, 5) is 0. The Hall–Kier alpha value is -1.34. The lowest BCUT2D eigenvalue weighted by Gasteiger charge is -2.41. The molecule has 3 rings (SSSR count). The van der Waals surface area contributed by atoms with Crippen LogP contribution in [0, 0.1) is 5.92 Å². The van der Waals surface area contributed by atoms with E-state index in [9.17, 15) is 5.11 Å². The molecule has 0 saturated heterocycles. The van der Waals surface area contributed by atoms with Crippen molar-refractivity contribution in [1.82, 2.24) is 0 Å². The quantitative estimate of drug-likeness (QED) is 0.827. The normalized spacial score (nSPS) is 28.0. The van der Waals surface area contributed by atoms with E-state index in [1.165, 1.54) is 16.3 Å². The zero-order chi connectivity index (χ0) is 11.8. The molecule has 2 aromatic rings. The van der Waals surface area contributed by atoms with Crippen LogP contribution in [0.2, 0.25) is 0 Å². The number of hydrogen-bond donors (Lipinski definition) is 1. The standard InChI is InChI=1S/C16H18O/c1-2-14-15(10-16(14)17)13-8-7-11-5-3-4-6-12(11)9-13/h3-9,14-17H,2,10H2,1H3. The number of aliphatic hydroxyl groups excluding tert-OH is 1. The van der Waals surface area contributed by atoms with E-state index in [1.807, 2.05) is 0 Å². The molecule has 88 valence electrons. The van der Waals surface area contributed by atoms with E-state index in [4.69, 9.17) is 0 Å². The van der Waals surface area contributed by atoms with E-state index in [0.29, 0.717) is 11.8 Å². The molecule has 0 aliphatic heterocycles. The fraction of sp³-hybridized carbons (Fsp3) is 0.375. The first-order chi connectivity index (χ1) is 8.29. The molecular weight excluding hydrogens is 208 g/mol. The SMILES string of the molecule is CCC1C(O)CC1c1ccc2ccccc2c1. The fourth-order valence-electron chi connectivity index (χ4n) is 3.06. The van der Waals surface area contributed by atoms with Gasteiger partial charge in [0, 0.05) is 0 Å². The smallest absolute Gasteiger partial charge is 0.0580 e. The van der Waals surface area contributed by atoms with Gasteiger partial charge in [-0.15, -0.1) is 0 Å². The summed E-state index contributed by atoms with van der Waals surface area (Å²) in [5.74, 6) is 1.01. The fourth-order valence-corrected chi connectivity index (χ4v) is 3.06. The zero-order valence-corrected chi connectivity index (χ0v) is 10.1. The van der Waals surface area contributed by atoms with Gasteiger partial charge in [-0.3, -0.25) is 0 Å². The van der Waals surface area contributed by atoms with Crippen molar-refractivity contribution in [3.05, 3.63) is 48.0 Å². The highest BCUT2D eigenvalue weighted by atomic mass is 16.3. The predicted octanol–water partition coefficient (Wildman–Crippen LogP) is 3.71. The van der Waals surface area contributed by atoms with E-state index < -0.39 is 0 Å². The molecule has 1 nitrogen and oxygen atoms in total. The Balaban J connectivity index is 1.96. The average molecular weight is 226 g/mol. The van der Waals surface area contributed by atoms with Crippen LogP contribution in [0.5, 0.6) is 0 Å². The molecular formula is C16H18O. The van der Waals surface area contributed by atoms with Gasteiger partial charge >= 0.3 is 0 Å². The Labute approximate surface area is 102 Å². The molecule has 0 aromatic heterocycles. The lowest BCUT2D eigenvalue weighted by Crippen LogP contribution is -2.38. The molecule has 2 aromatic carbocycles. The van der Waals surface area contributed by atoms with Crippen molar-refractivity contribution in [2.45, 2.75) is 31.8 Å². The third kappa shape index (κ3) is 1.75. The third-order valence-corrected chi connectivity index (χ3v) is 4.18. The highest BCUT2D eigenvalue weighted by Crippen LogP contribution is 2.44. The molecule has 3 unspecified atom stereocenters. The molecule has 17 heavy (non-hydrogen) atoms. The number of benzene rings is 2. The maximum absolute atomic E-state index is 9.75. The van der Waals surface area contributed by atoms with Crippen molar-refractivity contribution in [2.24, 2.45) is 5.92 Å². The second kappa shape index (κ2) is 4.15. The van der Waals surface area contributed by atoms with Crippen LogP contribution in [0.4, 0.5) is 0 Å². The molecule has 0 amide bonds. The van der Waals surface area contributed by atoms with Crippen molar-refractivity contribution >= 4 is 10.8 Å². The maximum Gasteiger partial charge on any atom is 0.0580 e. The minimum absolute atomic E-state index is 0.0866. The van der Waals surface area contributed by atoms with Gasteiger partial charge in [0.05, 0.1) is 6.10 Å². The first-order valence-electron chi connectivity index (χ1n) is 6.46. The summed E-state index contributed by atoms with van der Waals surface area (Å²) >= 11 is 0. The third-order valence-electron chi connectivity index (χ3n) is 4.18. The Morgan fingerprint density at radius 3 is 2.59 bits per heavy atom. The number of hydrogen-bond acceptors (Lipinski definition) is 1. The molecule has 1 aliphatic rings. The Morgan fingerprint density at radius 2 is 1.88 bits per heavy atom. The van der Waals surface area contributed by atoms with E-state index >= 15 is 0 Å². The molecule has 0 spiro atoms. The van der Waals surface area contributed by atoms with Crippen LogP contribution in [0.15, 0.2) is 42.5 Å². The van der Waals surface area contributed by atoms with Crippen LogP contribution in [-0.2, 0) is 0 Å². The van der Waals surface area contributed by atoms with Crippen molar-refractivity contribution in [3.63, 3.8) is 0 Å². The lowest BCUT2D eigenvalue weighted by molar-refractivity contribution is -0.000683. The number of aliphatic hydroxyl groups is 1. The van der Waals surface area contributed by atoms with Crippen LogP contribution < -0.4 is 0 Å². The van der Waals surface area contributed by atoms with Crippen molar-refractivity contribution in [3.8, 4) is 0 Å². The van der Waals surface area contributed by atoms with Crippen LogP contribution in [-0.4, -0.2) is 11.2 Å². The molecule has 1 heteroatoms. The summed E-state index contributed by atoms with van der Waals surface area (Å²) < 4.78 is 0. The Morgan fingerprint density at radius 1 is 1.12 bits per heavy atom. The highest BCUT2D eigenvalue weighted by Gasteiger charge is 2.39. The molecule has 0 heterocycles. The van der Waals surface area contributed by atoms with Gasteiger partial charge in [0.15, 0.2) is 0 Å². The zero-order valence-electron chi connectivity index (χ0n) is 10.1. The monoisotopic (exact) mass is 226 g/mol. The summed E-state index contributed by atoms with van der Waals surface area (Å²) in [6.07, 6.45) is 1.91. The number of fused-ring (bicyclic) bond motifs is 1. The molecule has 3 atom stereocenters. The Bertz CT molecular complexity index is 532. The van der Waals surface area contributed by atoms with Gasteiger partial charge in [0.2, 0.25) is 0 Å². The van der Waals surface area contributed by atoms with E-state index in [0.717, 1.165) is 12.8 Å². The van der Waals surface area contributed by atoms with Gasteiger partial charge in [-0.2, -0.15) is 0 Å². The molecule has 1 saturated carbocycles. The van der Waals surface area contributed by atoms with Crippen LogP contribution >= 0.6 is 0 Å². The van der Waals surface area contributed by atoms with Crippen LogP contribution in [0.25, 0.3) is 10.8 Å². The summed E-state index contributed by atoms with van der Waals surface area (Å²) in [5, 5.41) is 12.4. The molecule has 1 fully saturated rings. The largest absolute Gasteiger partial charge is 0.393 e. The van der Waals surface area contributed by atoms with Crippen molar-refractivity contribution in [1.29, 1.82) is 0 Å². The maximum atomic E-state index is 9.75. The summed E-state index contributed by atoms with van der Waals surface area (Å²) in [6, 6.07) is 15.2. The highest BCUT2D eigenvalue weighted by molar-refractivity contribution is 5.83. The van der Waals surface area contributed by atoms with Crippen LogP contribution in [0.3, 0.4) is 0 Å². The molecule has 1 aliphatic carbocycles. The summed E-state index contributed by atoms with van der Waals surface area (Å²) in [7, 11) is 0. The van der Waals surface area contributed by atoms with Gasteiger partial charge in [0.1, 0.15) is 0 Å². The summed E-state index contributed by atoms with van der Waals surface area (Å²) in [5.41, 5.74) is 1.39. The second-order valence-corrected chi connectivity index (χ2v) is 5.09. The lowest BCUT2D eigenvalue weighted by atomic mass is 9.66. The van der Waals surface area contributed by atoms with Crippen molar-refractivity contribution in [2.75, 3.05) is 0 Å². The van der Waals surface area contributed by atoms with Gasteiger partial charge in [-0.1, -0.05) is 55.8 Å². The predicted molar refractivity (Wildman–Crippen MR) is 71.1 cm³/mol. The van der Waals surface area contributed by atoms with Crippen LogP contribution in [0.1, 0.15) is 31.2 Å². The first-order valence-corrected chi connectivity index (χ1v) is 6.46. The average Bonchev–Trinajstić information content (AvgIpc) is 2.36. The van der Waals surface area contributed by atoms with Gasteiger partial charge in [0.25, 0.3) is 0 Å². The molecule has 0 bridgehead atoms. The van der Waals surface area contributed by atoms with Gasteiger partial charge in [-0.25, -0.2) is 0 Å². The van der Waals surface area contributed by atoms with E-state index in [-0.39, 0.29) is 6.10 Å². The molecule has 1 N–H and O–H groups in total. The topological polar surface area (TPSA) is 20.2 Å². The summed E-state index contributed by atoms with van der Waals surface area (Å²) in [6.45, 7) is 2.17. The molecule has 0 radical (unpaired) electrons. The second-order valence-electron chi connectivity index (χ2n) is 5.09. The number of rotatable bonds is 2. The van der Waals surface area contributed by atoms with E-state index in [1.54, 1.807) is 0 Å². The van der Waals surface area contributed by atoms with Gasteiger partial charge in [-0.05, 0) is 34.6 Å². The minimum Gasteiger partial charge on any atom is -0.393 e. The Kier molecular flexibility index (Phi) is 2.64. The minimum atomic E-state index is -0.0866.